The molecule has 0 amide bonds. The van der Waals surface area contributed by atoms with Crippen molar-refractivity contribution in [1.29, 1.82) is 0 Å². The van der Waals surface area contributed by atoms with Crippen LogP contribution in [0.15, 0.2) is 24.3 Å². The molecular formula is C62H116O6. The third-order valence-corrected chi connectivity index (χ3v) is 13.7. The number of hydrogen-bond acceptors (Lipinski definition) is 6. The Hall–Kier alpha value is -2.11. The first-order valence-corrected chi connectivity index (χ1v) is 30.3. The smallest absolute Gasteiger partial charge is 0.306 e. The van der Waals surface area contributed by atoms with Gasteiger partial charge in [-0.2, -0.15) is 0 Å². The second kappa shape index (κ2) is 57.5. The third-order valence-electron chi connectivity index (χ3n) is 13.7. The van der Waals surface area contributed by atoms with Crippen LogP contribution < -0.4 is 0 Å². The molecule has 0 aliphatic carbocycles. The highest BCUT2D eigenvalue weighted by molar-refractivity contribution is 5.71. The highest BCUT2D eigenvalue weighted by Crippen LogP contribution is 2.17. The van der Waals surface area contributed by atoms with Gasteiger partial charge in [0.1, 0.15) is 13.2 Å². The molecule has 6 heteroatoms. The number of allylic oxidation sites excluding steroid dienone is 4. The molecule has 0 radical (unpaired) electrons. The first-order valence-electron chi connectivity index (χ1n) is 30.3. The number of carbonyl (C=O) groups excluding carboxylic acids is 3. The van der Waals surface area contributed by atoms with E-state index >= 15 is 0 Å². The summed E-state index contributed by atoms with van der Waals surface area (Å²) in [5.74, 6) is -0.876. The van der Waals surface area contributed by atoms with Crippen LogP contribution in [-0.2, 0) is 28.6 Å². The maximum atomic E-state index is 12.7. The molecule has 0 aromatic carbocycles. The molecule has 0 saturated carbocycles. The van der Waals surface area contributed by atoms with Gasteiger partial charge in [0.2, 0.25) is 0 Å². The molecule has 0 aliphatic heterocycles. The molecule has 0 bridgehead atoms. The van der Waals surface area contributed by atoms with Crippen molar-refractivity contribution in [2.24, 2.45) is 0 Å². The van der Waals surface area contributed by atoms with Crippen LogP contribution in [0.2, 0.25) is 0 Å². The lowest BCUT2D eigenvalue weighted by atomic mass is 10.0. The average Bonchev–Trinajstić information content (AvgIpc) is 3.34. The zero-order chi connectivity index (χ0) is 49.3. The minimum atomic E-state index is -0.767. The van der Waals surface area contributed by atoms with Gasteiger partial charge in [0.25, 0.3) is 0 Å². The number of unbranched alkanes of at least 4 members (excludes halogenated alkanes) is 41. The van der Waals surface area contributed by atoms with Gasteiger partial charge in [0, 0.05) is 19.3 Å². The number of esters is 3. The quantitative estimate of drug-likeness (QED) is 0.0262. The lowest BCUT2D eigenvalue weighted by Gasteiger charge is -2.18. The van der Waals surface area contributed by atoms with Gasteiger partial charge in [-0.3, -0.25) is 14.4 Å². The van der Waals surface area contributed by atoms with Crippen LogP contribution in [0.1, 0.15) is 335 Å². The summed E-state index contributed by atoms with van der Waals surface area (Å²) in [6, 6.07) is 0. The summed E-state index contributed by atoms with van der Waals surface area (Å²) in [4.78, 5) is 37.7. The Balaban J connectivity index is 3.85. The maximum absolute atomic E-state index is 12.7. The predicted molar refractivity (Wildman–Crippen MR) is 293 cm³/mol. The fourth-order valence-electron chi connectivity index (χ4n) is 9.07. The van der Waals surface area contributed by atoms with Crippen molar-refractivity contribution < 1.29 is 28.6 Å². The Morgan fingerprint density at radius 1 is 0.279 bits per heavy atom. The average molecular weight is 958 g/mol. The van der Waals surface area contributed by atoms with Gasteiger partial charge in [0.05, 0.1) is 0 Å². The van der Waals surface area contributed by atoms with Gasteiger partial charge in [0.15, 0.2) is 6.10 Å². The molecule has 0 aromatic rings. The van der Waals surface area contributed by atoms with E-state index in [9.17, 15) is 14.4 Å². The number of hydrogen-bond donors (Lipinski definition) is 0. The van der Waals surface area contributed by atoms with Gasteiger partial charge in [-0.1, -0.05) is 276 Å². The van der Waals surface area contributed by atoms with Crippen LogP contribution in [0.3, 0.4) is 0 Å². The van der Waals surface area contributed by atoms with E-state index in [2.05, 4.69) is 45.1 Å². The largest absolute Gasteiger partial charge is 0.462 e. The minimum absolute atomic E-state index is 0.0705. The summed E-state index contributed by atoms with van der Waals surface area (Å²) in [6.45, 7) is 6.57. The monoisotopic (exact) mass is 957 g/mol. The molecule has 0 N–H and O–H groups in total. The summed E-state index contributed by atoms with van der Waals surface area (Å²) in [6.07, 6.45) is 68.2. The van der Waals surface area contributed by atoms with E-state index in [0.717, 1.165) is 64.2 Å². The fourth-order valence-corrected chi connectivity index (χ4v) is 9.07. The molecule has 6 nitrogen and oxygen atoms in total. The molecule has 0 saturated heterocycles. The molecule has 1 atom stereocenters. The second-order valence-electron chi connectivity index (χ2n) is 20.6. The fraction of sp³-hybridized carbons (Fsp3) is 0.887. The lowest BCUT2D eigenvalue weighted by Crippen LogP contribution is -2.30. The third kappa shape index (κ3) is 54.8. The van der Waals surface area contributed by atoms with E-state index in [0.29, 0.717) is 19.3 Å². The second-order valence-corrected chi connectivity index (χ2v) is 20.6. The highest BCUT2D eigenvalue weighted by Gasteiger charge is 2.19. The first kappa shape index (κ1) is 65.9. The van der Waals surface area contributed by atoms with Crippen molar-refractivity contribution in [3.8, 4) is 0 Å². The van der Waals surface area contributed by atoms with Crippen LogP contribution in [0, 0.1) is 0 Å². The van der Waals surface area contributed by atoms with Gasteiger partial charge in [-0.05, 0) is 64.2 Å². The Kier molecular flexibility index (Phi) is 55.7. The molecule has 1 unspecified atom stereocenters. The zero-order valence-corrected chi connectivity index (χ0v) is 45.9. The lowest BCUT2D eigenvalue weighted by molar-refractivity contribution is -0.167. The van der Waals surface area contributed by atoms with Gasteiger partial charge in [-0.15, -0.1) is 0 Å². The van der Waals surface area contributed by atoms with Gasteiger partial charge >= 0.3 is 17.9 Å². The summed E-state index contributed by atoms with van der Waals surface area (Å²) < 4.78 is 16.7. The molecule has 0 aromatic heterocycles. The van der Waals surface area contributed by atoms with Crippen LogP contribution >= 0.6 is 0 Å². The molecule has 0 aliphatic rings. The normalized spacial score (nSPS) is 12.1. The van der Waals surface area contributed by atoms with E-state index in [4.69, 9.17) is 14.2 Å². The van der Waals surface area contributed by atoms with E-state index in [1.54, 1.807) is 0 Å². The van der Waals surface area contributed by atoms with Gasteiger partial charge in [-0.25, -0.2) is 0 Å². The molecule has 400 valence electrons. The standard InChI is InChI=1S/C62H116O6/c1-4-7-10-13-16-18-20-21-22-23-24-25-26-27-28-29-30-31-32-33-34-35-36-37-38-39-40-41-43-44-46-49-52-55-61(64)67-58-59(57-66-60(63)54-51-48-15-12-9-6-3)68-62(65)56-53-50-47-45-42-19-17-14-11-8-5-2/h14,17,23-24,59H,4-13,15-16,18-22,25-58H2,1-3H3/b17-14-,24-23-. The Bertz CT molecular complexity index is 1100. The molecular weight excluding hydrogens is 841 g/mol. The van der Waals surface area contributed by atoms with Crippen molar-refractivity contribution in [3.63, 3.8) is 0 Å². The molecule has 0 rings (SSSR count). The zero-order valence-electron chi connectivity index (χ0n) is 45.9. The van der Waals surface area contributed by atoms with E-state index in [1.165, 1.54) is 231 Å². The molecule has 0 fully saturated rings. The Morgan fingerprint density at radius 2 is 0.500 bits per heavy atom. The predicted octanol–water partition coefficient (Wildman–Crippen LogP) is 20.3. The minimum Gasteiger partial charge on any atom is -0.462 e. The Morgan fingerprint density at radius 3 is 0.779 bits per heavy atom. The van der Waals surface area contributed by atoms with Crippen molar-refractivity contribution in [2.75, 3.05) is 13.2 Å². The van der Waals surface area contributed by atoms with Crippen molar-refractivity contribution in [3.05, 3.63) is 24.3 Å². The molecule has 0 spiro atoms. The van der Waals surface area contributed by atoms with Crippen molar-refractivity contribution in [2.45, 2.75) is 341 Å². The number of carbonyl (C=O) groups is 3. The highest BCUT2D eigenvalue weighted by atomic mass is 16.6. The van der Waals surface area contributed by atoms with E-state index < -0.39 is 6.10 Å². The van der Waals surface area contributed by atoms with Crippen LogP contribution in [0.5, 0.6) is 0 Å². The summed E-state index contributed by atoms with van der Waals surface area (Å²) in [7, 11) is 0. The SMILES string of the molecule is CCCC/C=C\CCCCCCCC(=O)OC(COC(=O)CCCCCCCC)COC(=O)CCCCCCCCCCCCCCCCCCCCCCC/C=C\CCCCCCCCCC. The summed E-state index contributed by atoms with van der Waals surface area (Å²) >= 11 is 0. The van der Waals surface area contributed by atoms with E-state index in [-0.39, 0.29) is 31.1 Å². The molecule has 0 heterocycles. The van der Waals surface area contributed by atoms with Crippen LogP contribution in [-0.4, -0.2) is 37.2 Å². The summed E-state index contributed by atoms with van der Waals surface area (Å²) in [5, 5.41) is 0. The number of ether oxygens (including phenoxy) is 3. The Labute approximate surface area is 423 Å². The maximum Gasteiger partial charge on any atom is 0.306 e. The number of rotatable bonds is 56. The van der Waals surface area contributed by atoms with Crippen molar-refractivity contribution in [1.82, 2.24) is 0 Å². The summed E-state index contributed by atoms with van der Waals surface area (Å²) in [5.41, 5.74) is 0. The molecule has 68 heavy (non-hydrogen) atoms. The van der Waals surface area contributed by atoms with Crippen LogP contribution in [0.25, 0.3) is 0 Å². The van der Waals surface area contributed by atoms with Crippen molar-refractivity contribution >= 4 is 17.9 Å². The first-order chi connectivity index (χ1) is 33.5. The van der Waals surface area contributed by atoms with E-state index in [1.807, 2.05) is 0 Å². The van der Waals surface area contributed by atoms with Gasteiger partial charge < -0.3 is 14.2 Å². The van der Waals surface area contributed by atoms with Crippen LogP contribution in [0.4, 0.5) is 0 Å². The topological polar surface area (TPSA) is 78.9 Å².